The van der Waals surface area contributed by atoms with E-state index in [0.29, 0.717) is 12.0 Å². The van der Waals surface area contributed by atoms with Gasteiger partial charge in [-0.2, -0.15) is 0 Å². The normalized spacial score (nSPS) is 16.3. The minimum absolute atomic E-state index is 0.332. The van der Waals surface area contributed by atoms with E-state index in [2.05, 4.69) is 204 Å². The number of aromatic nitrogens is 1. The summed E-state index contributed by atoms with van der Waals surface area (Å²) in [7, 11) is 0. The molecule has 2 nitrogen and oxygen atoms in total. The van der Waals surface area contributed by atoms with Gasteiger partial charge in [-0.05, 0) is 123 Å². The Balaban J connectivity index is 1.05. The van der Waals surface area contributed by atoms with Crippen molar-refractivity contribution in [3.05, 3.63) is 200 Å². The van der Waals surface area contributed by atoms with Crippen molar-refractivity contribution in [3.63, 3.8) is 0 Å². The number of fused-ring (bicyclic) bond motifs is 7. The summed E-state index contributed by atoms with van der Waals surface area (Å²) in [5.41, 5.74) is 15.0. The standard InChI is InChI=1S/C52H38N2/c1-3-13-35(14-4-1)41-29-42(36-15-5-2-6-16-36)32-44(31-41)54-50-22-12-10-20-46(50)48-34-40(25-28-52(48)54)39-24-27-51-47(33-39)45-19-9-11-21-49(45)53(51)43-26-23-37-17-7-8-18-38(37)30-43/h1-8,10-18,20-34,45,49H,9,19H2. The molecule has 0 saturated heterocycles. The van der Waals surface area contributed by atoms with Crippen LogP contribution in [0, 0.1) is 0 Å². The summed E-state index contributed by atoms with van der Waals surface area (Å²) in [6.45, 7) is 0. The highest BCUT2D eigenvalue weighted by Crippen LogP contribution is 2.51. The first-order valence-electron chi connectivity index (χ1n) is 19.2. The van der Waals surface area contributed by atoms with E-state index in [9.17, 15) is 0 Å². The van der Waals surface area contributed by atoms with E-state index >= 15 is 0 Å². The van der Waals surface area contributed by atoms with Crippen molar-refractivity contribution in [1.82, 2.24) is 4.57 Å². The Hall–Kier alpha value is -6.64. The third kappa shape index (κ3) is 5.02. The second-order valence-electron chi connectivity index (χ2n) is 14.9. The Kier molecular flexibility index (Phi) is 7.16. The van der Waals surface area contributed by atoms with Crippen molar-refractivity contribution in [1.29, 1.82) is 0 Å². The number of nitrogens with zero attached hydrogens (tertiary/aromatic N) is 2. The highest BCUT2D eigenvalue weighted by atomic mass is 15.2. The second kappa shape index (κ2) is 12.5. The number of hydrogen-bond acceptors (Lipinski definition) is 1. The molecular formula is C52H38N2. The summed E-state index contributed by atoms with van der Waals surface area (Å²) in [4.78, 5) is 2.58. The van der Waals surface area contributed by atoms with Gasteiger partial charge in [-0.3, -0.25) is 0 Å². The molecule has 2 heteroatoms. The maximum atomic E-state index is 2.58. The smallest absolute Gasteiger partial charge is 0.0591 e. The minimum atomic E-state index is 0.332. The van der Waals surface area contributed by atoms with Crippen LogP contribution >= 0.6 is 0 Å². The van der Waals surface area contributed by atoms with Crippen LogP contribution in [-0.2, 0) is 0 Å². The molecule has 0 spiro atoms. The molecule has 1 aliphatic carbocycles. The maximum Gasteiger partial charge on any atom is 0.0591 e. The highest BCUT2D eigenvalue weighted by molar-refractivity contribution is 6.10. The molecule has 0 fully saturated rings. The van der Waals surface area contributed by atoms with Gasteiger partial charge in [-0.15, -0.1) is 0 Å². The van der Waals surface area contributed by atoms with Crippen LogP contribution in [0.4, 0.5) is 11.4 Å². The van der Waals surface area contributed by atoms with E-state index in [-0.39, 0.29) is 0 Å². The van der Waals surface area contributed by atoms with E-state index in [1.165, 1.54) is 89.3 Å². The topological polar surface area (TPSA) is 8.17 Å². The summed E-state index contributed by atoms with van der Waals surface area (Å²) < 4.78 is 2.45. The molecule has 1 aromatic heterocycles. The average Bonchev–Trinajstić information content (AvgIpc) is 3.76. The van der Waals surface area contributed by atoms with Gasteiger partial charge in [0.25, 0.3) is 0 Å². The van der Waals surface area contributed by atoms with Gasteiger partial charge in [-0.25, -0.2) is 0 Å². The molecule has 0 bridgehead atoms. The number of rotatable bonds is 5. The van der Waals surface area contributed by atoms with E-state index in [4.69, 9.17) is 0 Å². The van der Waals surface area contributed by atoms with Gasteiger partial charge < -0.3 is 9.47 Å². The van der Waals surface area contributed by atoms with Crippen LogP contribution in [0.2, 0.25) is 0 Å². The van der Waals surface area contributed by atoms with Crippen molar-refractivity contribution in [2.45, 2.75) is 24.8 Å². The molecule has 1 aliphatic heterocycles. The van der Waals surface area contributed by atoms with E-state index in [1.54, 1.807) is 0 Å². The van der Waals surface area contributed by atoms with Gasteiger partial charge in [0.1, 0.15) is 0 Å². The Morgan fingerprint density at radius 3 is 1.89 bits per heavy atom. The van der Waals surface area contributed by atoms with Crippen molar-refractivity contribution < 1.29 is 0 Å². The lowest BCUT2D eigenvalue weighted by molar-refractivity contribution is 0.573. The monoisotopic (exact) mass is 690 g/mol. The SMILES string of the molecule is C1=CC2C(CC1)c1cc(-c3ccc4c(c3)c3ccccc3n4-c3cc(-c4ccccc4)cc(-c4ccccc4)c3)ccc1N2c1ccc2ccccc2c1. The highest BCUT2D eigenvalue weighted by Gasteiger charge is 2.39. The number of benzene rings is 8. The quantitative estimate of drug-likeness (QED) is 0.163. The Bertz CT molecular complexity index is 2840. The zero-order chi connectivity index (χ0) is 35.6. The van der Waals surface area contributed by atoms with Gasteiger partial charge in [0, 0.05) is 33.8 Å². The second-order valence-corrected chi connectivity index (χ2v) is 14.9. The van der Waals surface area contributed by atoms with Crippen molar-refractivity contribution in [2.24, 2.45) is 0 Å². The molecule has 54 heavy (non-hydrogen) atoms. The van der Waals surface area contributed by atoms with Crippen molar-refractivity contribution >= 4 is 44.0 Å². The number of hydrogen-bond donors (Lipinski definition) is 0. The molecule has 2 unspecified atom stereocenters. The van der Waals surface area contributed by atoms with Crippen LogP contribution in [-0.4, -0.2) is 10.6 Å². The number of anilines is 2. The summed E-state index contributed by atoms with van der Waals surface area (Å²) in [6, 6.07) is 67.6. The van der Waals surface area contributed by atoms with Gasteiger partial charge in [0.15, 0.2) is 0 Å². The molecular weight excluding hydrogens is 653 g/mol. The fourth-order valence-corrected chi connectivity index (χ4v) is 9.24. The van der Waals surface area contributed by atoms with Crippen molar-refractivity contribution in [3.8, 4) is 39.1 Å². The first-order valence-corrected chi connectivity index (χ1v) is 19.2. The van der Waals surface area contributed by atoms with Crippen LogP contribution in [0.1, 0.15) is 24.3 Å². The van der Waals surface area contributed by atoms with E-state index < -0.39 is 0 Å². The number of allylic oxidation sites excluding steroid dienone is 1. The average molecular weight is 691 g/mol. The largest absolute Gasteiger partial charge is 0.334 e. The minimum Gasteiger partial charge on any atom is -0.334 e. The molecule has 0 radical (unpaired) electrons. The number of para-hydroxylation sites is 1. The Labute approximate surface area is 315 Å². The van der Waals surface area contributed by atoms with E-state index in [0.717, 1.165) is 12.1 Å². The fourth-order valence-electron chi connectivity index (χ4n) is 9.24. The molecule has 2 atom stereocenters. The zero-order valence-corrected chi connectivity index (χ0v) is 29.9. The first-order chi connectivity index (χ1) is 26.8. The lowest BCUT2D eigenvalue weighted by atomic mass is 9.85. The van der Waals surface area contributed by atoms with Crippen LogP contribution in [0.25, 0.3) is 71.6 Å². The lowest BCUT2D eigenvalue weighted by Gasteiger charge is -2.30. The predicted molar refractivity (Wildman–Crippen MR) is 228 cm³/mol. The third-order valence-electron chi connectivity index (χ3n) is 11.8. The summed E-state index contributed by atoms with van der Waals surface area (Å²) >= 11 is 0. The van der Waals surface area contributed by atoms with Crippen LogP contribution in [0.3, 0.4) is 0 Å². The molecule has 2 heterocycles. The van der Waals surface area contributed by atoms with Crippen LogP contribution in [0.5, 0.6) is 0 Å². The van der Waals surface area contributed by atoms with Gasteiger partial charge >= 0.3 is 0 Å². The molecule has 8 aromatic carbocycles. The fraction of sp³-hybridized carbons (Fsp3) is 0.0769. The summed E-state index contributed by atoms with van der Waals surface area (Å²) in [5, 5.41) is 5.10. The van der Waals surface area contributed by atoms with Crippen LogP contribution in [0.15, 0.2) is 194 Å². The van der Waals surface area contributed by atoms with Crippen molar-refractivity contribution in [2.75, 3.05) is 4.90 Å². The van der Waals surface area contributed by atoms with E-state index in [1.807, 2.05) is 0 Å². The van der Waals surface area contributed by atoms with Gasteiger partial charge in [-0.1, -0.05) is 133 Å². The molecule has 11 rings (SSSR count). The summed E-state index contributed by atoms with van der Waals surface area (Å²) in [6.07, 6.45) is 7.12. The molecule has 0 amide bonds. The van der Waals surface area contributed by atoms with Crippen LogP contribution < -0.4 is 4.90 Å². The van der Waals surface area contributed by atoms with Gasteiger partial charge in [0.05, 0.1) is 17.1 Å². The third-order valence-corrected chi connectivity index (χ3v) is 11.8. The lowest BCUT2D eigenvalue weighted by Crippen LogP contribution is -2.29. The Morgan fingerprint density at radius 2 is 1.09 bits per heavy atom. The first kappa shape index (κ1) is 30.9. The molecule has 256 valence electrons. The van der Waals surface area contributed by atoms with Gasteiger partial charge in [0.2, 0.25) is 0 Å². The molecule has 0 saturated carbocycles. The molecule has 9 aromatic rings. The predicted octanol–water partition coefficient (Wildman–Crippen LogP) is 13.9. The summed E-state index contributed by atoms with van der Waals surface area (Å²) in [5.74, 6) is 0.470. The maximum absolute atomic E-state index is 2.58. The zero-order valence-electron chi connectivity index (χ0n) is 29.9. The molecule has 0 N–H and O–H groups in total. The Morgan fingerprint density at radius 1 is 0.426 bits per heavy atom. The molecule has 2 aliphatic rings.